The molecule has 4 aromatic rings. The van der Waals surface area contributed by atoms with Gasteiger partial charge in [-0.25, -0.2) is 22.7 Å². The number of aromatic nitrogens is 5. The molecule has 2 heterocycles. The average molecular weight is 483 g/mol. The van der Waals surface area contributed by atoms with Gasteiger partial charge in [-0.1, -0.05) is 55.1 Å². The molecule has 0 fully saturated rings. The number of nitrogens with one attached hydrogen (secondary N) is 1. The minimum atomic E-state index is -3.51. The first-order valence-electron chi connectivity index (χ1n) is 10.6. The lowest BCUT2D eigenvalue weighted by atomic mass is 10.2. The van der Waals surface area contributed by atoms with Crippen LogP contribution in [0.25, 0.3) is 23.2 Å². The summed E-state index contributed by atoms with van der Waals surface area (Å²) < 4.78 is 28.4. The molecule has 1 N–H and O–H groups in total. The van der Waals surface area contributed by atoms with E-state index >= 15 is 0 Å². The standard InChI is InChI=1S/C23H26N6O2S2/c1-4-14-29-20-12-11-18(33(30,31)28(2)3)15-19(20)24-22(29)16-32-23-25-21(26-27-23)13-10-17-8-6-5-7-9-17/h5-13,15H,4,14,16H2,1-3H3,(H,25,26,27)/b13-10+. The number of aryl methyl sites for hydroxylation is 1. The summed E-state index contributed by atoms with van der Waals surface area (Å²) in [4.78, 5) is 9.51. The third-order valence-electron chi connectivity index (χ3n) is 5.07. The lowest BCUT2D eigenvalue weighted by molar-refractivity contribution is 0.521. The summed E-state index contributed by atoms with van der Waals surface area (Å²) in [5, 5.41) is 7.87. The Labute approximate surface area is 197 Å². The fraction of sp³-hybridized carbons (Fsp3) is 0.261. The number of sulfonamides is 1. The van der Waals surface area contributed by atoms with Crippen LogP contribution in [0.5, 0.6) is 0 Å². The molecule has 10 heteroatoms. The number of benzene rings is 2. The lowest BCUT2D eigenvalue weighted by Crippen LogP contribution is -2.22. The van der Waals surface area contributed by atoms with Crippen LogP contribution in [0, 0.1) is 0 Å². The molecule has 0 radical (unpaired) electrons. The second kappa shape index (κ2) is 9.90. The number of hydrogen-bond donors (Lipinski definition) is 1. The molecule has 0 saturated carbocycles. The van der Waals surface area contributed by atoms with Crippen LogP contribution >= 0.6 is 11.8 Å². The maximum absolute atomic E-state index is 12.5. The van der Waals surface area contributed by atoms with Gasteiger partial charge in [0.05, 0.1) is 21.7 Å². The van der Waals surface area contributed by atoms with Gasteiger partial charge in [-0.3, -0.25) is 5.10 Å². The van der Waals surface area contributed by atoms with Crippen LogP contribution in [0.2, 0.25) is 0 Å². The van der Waals surface area contributed by atoms with Gasteiger partial charge < -0.3 is 4.57 Å². The Morgan fingerprint density at radius 3 is 2.61 bits per heavy atom. The minimum absolute atomic E-state index is 0.240. The fourth-order valence-corrected chi connectivity index (χ4v) is 5.05. The summed E-state index contributed by atoms with van der Waals surface area (Å²) in [6, 6.07) is 15.1. The normalized spacial score (nSPS) is 12.4. The maximum Gasteiger partial charge on any atom is 0.242 e. The van der Waals surface area contributed by atoms with Crippen LogP contribution in [-0.2, 0) is 22.3 Å². The van der Waals surface area contributed by atoms with Crippen molar-refractivity contribution in [1.29, 1.82) is 0 Å². The summed E-state index contributed by atoms with van der Waals surface area (Å²) in [5.74, 6) is 2.12. The number of imidazole rings is 1. The highest BCUT2D eigenvalue weighted by molar-refractivity contribution is 7.98. The highest BCUT2D eigenvalue weighted by Gasteiger charge is 2.20. The van der Waals surface area contributed by atoms with Gasteiger partial charge in [-0.15, -0.1) is 5.10 Å². The number of H-pyrrole nitrogens is 1. The van der Waals surface area contributed by atoms with Crippen molar-refractivity contribution < 1.29 is 8.42 Å². The molecule has 0 bridgehead atoms. The topological polar surface area (TPSA) is 96.8 Å². The zero-order valence-electron chi connectivity index (χ0n) is 18.8. The van der Waals surface area contributed by atoms with Crippen molar-refractivity contribution in [1.82, 2.24) is 29.0 Å². The Morgan fingerprint density at radius 1 is 1.09 bits per heavy atom. The monoisotopic (exact) mass is 482 g/mol. The number of fused-ring (bicyclic) bond motifs is 1. The van der Waals surface area contributed by atoms with Gasteiger partial charge in [0.25, 0.3) is 0 Å². The van der Waals surface area contributed by atoms with Gasteiger partial charge in [-0.05, 0) is 36.3 Å². The first-order valence-corrected chi connectivity index (χ1v) is 13.0. The molecule has 8 nitrogen and oxygen atoms in total. The molecular formula is C23H26N6O2S2. The molecule has 2 aromatic carbocycles. The summed E-state index contributed by atoms with van der Waals surface area (Å²) in [6.07, 6.45) is 4.82. The number of nitrogens with zero attached hydrogens (tertiary/aromatic N) is 5. The number of hydrogen-bond acceptors (Lipinski definition) is 6. The van der Waals surface area contributed by atoms with Crippen LogP contribution in [-0.4, -0.2) is 51.6 Å². The van der Waals surface area contributed by atoms with E-state index in [0.29, 0.717) is 22.3 Å². The predicted octanol–water partition coefficient (Wildman–Crippen LogP) is 4.28. The van der Waals surface area contributed by atoms with Gasteiger partial charge in [0, 0.05) is 20.6 Å². The van der Waals surface area contributed by atoms with Crippen LogP contribution in [0.1, 0.15) is 30.6 Å². The minimum Gasteiger partial charge on any atom is -0.327 e. The third kappa shape index (κ3) is 5.18. The largest absolute Gasteiger partial charge is 0.327 e. The van der Waals surface area contributed by atoms with Crippen molar-refractivity contribution in [2.45, 2.75) is 35.7 Å². The predicted molar refractivity (Wildman–Crippen MR) is 132 cm³/mol. The molecule has 0 aliphatic heterocycles. The molecule has 0 unspecified atom stereocenters. The quantitative estimate of drug-likeness (QED) is 0.358. The van der Waals surface area contributed by atoms with Gasteiger partial charge in [-0.2, -0.15) is 0 Å². The fourth-order valence-electron chi connectivity index (χ4n) is 3.38. The van der Waals surface area contributed by atoms with E-state index in [2.05, 4.69) is 26.7 Å². The second-order valence-electron chi connectivity index (χ2n) is 7.65. The maximum atomic E-state index is 12.5. The van der Waals surface area contributed by atoms with E-state index in [4.69, 9.17) is 4.98 Å². The molecule has 172 valence electrons. The highest BCUT2D eigenvalue weighted by Crippen LogP contribution is 2.26. The molecule has 0 spiro atoms. The first kappa shape index (κ1) is 23.2. The van der Waals surface area contributed by atoms with E-state index in [-0.39, 0.29) is 4.90 Å². The summed E-state index contributed by atoms with van der Waals surface area (Å²) in [5.41, 5.74) is 2.68. The van der Waals surface area contributed by atoms with E-state index in [1.54, 1.807) is 12.1 Å². The molecule has 33 heavy (non-hydrogen) atoms. The van der Waals surface area contributed by atoms with Crippen molar-refractivity contribution in [3.63, 3.8) is 0 Å². The third-order valence-corrected chi connectivity index (χ3v) is 7.72. The second-order valence-corrected chi connectivity index (χ2v) is 10.7. The zero-order chi connectivity index (χ0) is 23.4. The zero-order valence-corrected chi connectivity index (χ0v) is 20.4. The van der Waals surface area contributed by atoms with E-state index in [9.17, 15) is 8.42 Å². The van der Waals surface area contributed by atoms with Crippen molar-refractivity contribution in [2.24, 2.45) is 0 Å². The number of thioether (sulfide) groups is 1. The Morgan fingerprint density at radius 2 is 1.88 bits per heavy atom. The molecular weight excluding hydrogens is 456 g/mol. The first-order chi connectivity index (χ1) is 15.9. The Bertz CT molecular complexity index is 1370. The van der Waals surface area contributed by atoms with Crippen LogP contribution < -0.4 is 0 Å². The summed E-state index contributed by atoms with van der Waals surface area (Å²) in [7, 11) is -0.464. The molecule has 0 aliphatic rings. The summed E-state index contributed by atoms with van der Waals surface area (Å²) in [6.45, 7) is 2.90. The molecule has 0 saturated heterocycles. The Hall–Kier alpha value is -2.95. The van der Waals surface area contributed by atoms with Crippen molar-refractivity contribution in [2.75, 3.05) is 14.1 Å². The van der Waals surface area contributed by atoms with Crippen LogP contribution in [0.4, 0.5) is 0 Å². The van der Waals surface area contributed by atoms with E-state index in [1.807, 2.05) is 48.6 Å². The molecule has 0 atom stereocenters. The molecule has 0 amide bonds. The number of rotatable bonds is 9. The molecule has 4 rings (SSSR count). The Kier molecular flexibility index (Phi) is 6.96. The SMILES string of the molecule is CCCn1c(CSc2n[nH]c(/C=C/c3ccccc3)n2)nc2cc(S(=O)(=O)N(C)C)ccc21. The number of aromatic amines is 1. The van der Waals surface area contributed by atoms with Gasteiger partial charge in [0.1, 0.15) is 11.6 Å². The molecule has 2 aromatic heterocycles. The lowest BCUT2D eigenvalue weighted by Gasteiger charge is -2.11. The molecule has 0 aliphatic carbocycles. The Balaban J connectivity index is 1.54. The van der Waals surface area contributed by atoms with Crippen LogP contribution in [0.15, 0.2) is 58.6 Å². The van der Waals surface area contributed by atoms with Gasteiger partial charge in [0.2, 0.25) is 15.2 Å². The van der Waals surface area contributed by atoms with Gasteiger partial charge in [0.15, 0.2) is 0 Å². The van der Waals surface area contributed by atoms with Crippen molar-refractivity contribution >= 4 is 45.0 Å². The average Bonchev–Trinajstić information content (AvgIpc) is 3.41. The van der Waals surface area contributed by atoms with Gasteiger partial charge >= 0.3 is 0 Å². The highest BCUT2D eigenvalue weighted by atomic mass is 32.2. The van der Waals surface area contributed by atoms with Crippen molar-refractivity contribution in [3.05, 3.63) is 65.7 Å². The van der Waals surface area contributed by atoms with Crippen molar-refractivity contribution in [3.8, 4) is 0 Å². The van der Waals surface area contributed by atoms with E-state index < -0.39 is 10.0 Å². The van der Waals surface area contributed by atoms with E-state index in [0.717, 1.165) is 29.9 Å². The smallest absolute Gasteiger partial charge is 0.242 e. The van der Waals surface area contributed by atoms with Crippen LogP contribution in [0.3, 0.4) is 0 Å². The van der Waals surface area contributed by atoms with E-state index in [1.165, 1.54) is 30.2 Å². The summed E-state index contributed by atoms with van der Waals surface area (Å²) >= 11 is 1.49.